The summed E-state index contributed by atoms with van der Waals surface area (Å²) in [6, 6.07) is 6.35. The second-order valence-corrected chi connectivity index (χ2v) is 6.66. The molecule has 2 nitrogen and oxygen atoms in total. The summed E-state index contributed by atoms with van der Waals surface area (Å²) < 4.78 is 5.73. The highest BCUT2D eigenvalue weighted by Gasteiger charge is 2.18. The van der Waals surface area contributed by atoms with Gasteiger partial charge in [0, 0.05) is 12.2 Å². The molecule has 2 unspecified atom stereocenters. The number of ether oxygens (including phenoxy) is 1. The normalized spacial score (nSPS) is 22.9. The molecule has 0 heterocycles. The summed E-state index contributed by atoms with van der Waals surface area (Å²) in [5.41, 5.74) is 2.52. The van der Waals surface area contributed by atoms with Gasteiger partial charge in [0.1, 0.15) is 5.75 Å². The molecule has 1 aromatic carbocycles. The SMILES string of the molecule is Cc1cc(OC(C)C)ccc1NCC1CCCC(C)C1. The Morgan fingerprint density at radius 2 is 2.10 bits per heavy atom. The monoisotopic (exact) mass is 275 g/mol. The van der Waals surface area contributed by atoms with Crippen LogP contribution in [0.5, 0.6) is 5.75 Å². The lowest BCUT2D eigenvalue weighted by molar-refractivity contribution is 0.242. The van der Waals surface area contributed by atoms with Crippen LogP contribution in [0.25, 0.3) is 0 Å². The van der Waals surface area contributed by atoms with Crippen LogP contribution in [0.1, 0.15) is 52.0 Å². The van der Waals surface area contributed by atoms with Gasteiger partial charge in [-0.05, 0) is 69.2 Å². The molecule has 0 spiro atoms. The minimum Gasteiger partial charge on any atom is -0.491 e. The average Bonchev–Trinajstić information content (AvgIpc) is 2.37. The first kappa shape index (κ1) is 15.2. The largest absolute Gasteiger partial charge is 0.491 e. The summed E-state index contributed by atoms with van der Waals surface area (Å²) in [4.78, 5) is 0. The van der Waals surface area contributed by atoms with Crippen LogP contribution in [0.3, 0.4) is 0 Å². The molecule has 0 amide bonds. The number of benzene rings is 1. The molecular formula is C18H29NO. The summed E-state index contributed by atoms with van der Waals surface area (Å²) in [6.45, 7) is 9.77. The quantitative estimate of drug-likeness (QED) is 0.814. The smallest absolute Gasteiger partial charge is 0.120 e. The molecule has 1 N–H and O–H groups in total. The number of hydrogen-bond acceptors (Lipinski definition) is 2. The summed E-state index contributed by atoms with van der Waals surface area (Å²) in [5.74, 6) is 2.71. The lowest BCUT2D eigenvalue weighted by atomic mass is 9.82. The third-order valence-corrected chi connectivity index (χ3v) is 4.20. The van der Waals surface area contributed by atoms with Crippen molar-refractivity contribution in [1.29, 1.82) is 0 Å². The minimum atomic E-state index is 0.233. The maximum atomic E-state index is 5.73. The van der Waals surface area contributed by atoms with Crippen LogP contribution in [0.4, 0.5) is 5.69 Å². The molecule has 1 aromatic rings. The molecule has 0 aromatic heterocycles. The molecule has 1 saturated carbocycles. The molecule has 2 rings (SSSR count). The van der Waals surface area contributed by atoms with E-state index in [1.807, 2.05) is 0 Å². The highest BCUT2D eigenvalue weighted by molar-refractivity contribution is 5.53. The van der Waals surface area contributed by atoms with Gasteiger partial charge in [0.15, 0.2) is 0 Å². The topological polar surface area (TPSA) is 21.3 Å². The van der Waals surface area contributed by atoms with Gasteiger partial charge in [-0.3, -0.25) is 0 Å². The Labute approximate surface area is 123 Å². The van der Waals surface area contributed by atoms with Crippen molar-refractivity contribution in [2.45, 2.75) is 59.5 Å². The van der Waals surface area contributed by atoms with E-state index in [4.69, 9.17) is 4.74 Å². The van der Waals surface area contributed by atoms with Crippen LogP contribution in [-0.4, -0.2) is 12.6 Å². The molecule has 1 aliphatic carbocycles. The van der Waals surface area contributed by atoms with Crippen LogP contribution < -0.4 is 10.1 Å². The molecule has 2 heteroatoms. The molecule has 0 saturated heterocycles. The van der Waals surface area contributed by atoms with Crippen LogP contribution in [-0.2, 0) is 0 Å². The Bertz CT molecular complexity index is 427. The molecule has 0 aliphatic heterocycles. The zero-order valence-corrected chi connectivity index (χ0v) is 13.4. The van der Waals surface area contributed by atoms with Crippen LogP contribution in [0.2, 0.25) is 0 Å². The van der Waals surface area contributed by atoms with Crippen LogP contribution in [0, 0.1) is 18.8 Å². The zero-order valence-electron chi connectivity index (χ0n) is 13.4. The van der Waals surface area contributed by atoms with E-state index in [1.54, 1.807) is 0 Å². The lowest BCUT2D eigenvalue weighted by Gasteiger charge is -2.27. The van der Waals surface area contributed by atoms with E-state index in [0.29, 0.717) is 0 Å². The fourth-order valence-electron chi connectivity index (χ4n) is 3.18. The van der Waals surface area contributed by atoms with E-state index >= 15 is 0 Å². The van der Waals surface area contributed by atoms with Crippen molar-refractivity contribution in [3.05, 3.63) is 23.8 Å². The third-order valence-electron chi connectivity index (χ3n) is 4.20. The van der Waals surface area contributed by atoms with Crippen LogP contribution in [0.15, 0.2) is 18.2 Å². The first-order valence-electron chi connectivity index (χ1n) is 8.05. The summed E-state index contributed by atoms with van der Waals surface area (Å²) in [6.07, 6.45) is 5.80. The van der Waals surface area contributed by atoms with Gasteiger partial charge >= 0.3 is 0 Å². The van der Waals surface area contributed by atoms with Gasteiger partial charge < -0.3 is 10.1 Å². The van der Waals surface area contributed by atoms with Crippen molar-refractivity contribution < 1.29 is 4.74 Å². The third kappa shape index (κ3) is 4.43. The molecule has 112 valence electrons. The second-order valence-electron chi connectivity index (χ2n) is 6.66. The fraction of sp³-hybridized carbons (Fsp3) is 0.667. The van der Waals surface area contributed by atoms with Gasteiger partial charge in [-0.2, -0.15) is 0 Å². The highest BCUT2D eigenvalue weighted by Crippen LogP contribution is 2.29. The molecule has 2 atom stereocenters. The molecular weight excluding hydrogens is 246 g/mol. The van der Waals surface area contributed by atoms with Gasteiger partial charge in [-0.1, -0.05) is 19.8 Å². The van der Waals surface area contributed by atoms with Gasteiger partial charge in [0.05, 0.1) is 6.10 Å². The average molecular weight is 275 g/mol. The van der Waals surface area contributed by atoms with E-state index in [2.05, 4.69) is 51.2 Å². The first-order valence-corrected chi connectivity index (χ1v) is 8.05. The molecule has 1 aliphatic rings. The van der Waals surface area contributed by atoms with E-state index in [-0.39, 0.29) is 6.10 Å². The predicted octanol–water partition coefficient (Wildman–Crippen LogP) is 5.02. The maximum absolute atomic E-state index is 5.73. The Morgan fingerprint density at radius 1 is 1.30 bits per heavy atom. The second kappa shape index (κ2) is 7.01. The number of rotatable bonds is 5. The van der Waals surface area contributed by atoms with E-state index < -0.39 is 0 Å². The van der Waals surface area contributed by atoms with Gasteiger partial charge in [0.2, 0.25) is 0 Å². The maximum Gasteiger partial charge on any atom is 0.120 e. The lowest BCUT2D eigenvalue weighted by Crippen LogP contribution is -2.21. The Balaban J connectivity index is 1.89. The molecule has 0 radical (unpaired) electrons. The number of anilines is 1. The standard InChI is InChI=1S/C18H29NO/c1-13(2)20-17-8-9-18(15(4)11-17)19-12-16-7-5-6-14(3)10-16/h8-9,11,13-14,16,19H,5-7,10,12H2,1-4H3. The van der Waals surface area contributed by atoms with Gasteiger partial charge in [-0.15, -0.1) is 0 Å². The van der Waals surface area contributed by atoms with Crippen LogP contribution >= 0.6 is 0 Å². The number of hydrogen-bond donors (Lipinski definition) is 1. The Morgan fingerprint density at radius 3 is 2.75 bits per heavy atom. The molecule has 0 bridgehead atoms. The van der Waals surface area contributed by atoms with E-state index in [0.717, 1.165) is 24.1 Å². The van der Waals surface area contributed by atoms with Crippen molar-refractivity contribution in [1.82, 2.24) is 0 Å². The first-order chi connectivity index (χ1) is 9.54. The minimum absolute atomic E-state index is 0.233. The van der Waals surface area contributed by atoms with E-state index in [1.165, 1.54) is 36.9 Å². The zero-order chi connectivity index (χ0) is 14.5. The highest BCUT2D eigenvalue weighted by atomic mass is 16.5. The van der Waals surface area contributed by atoms with Crippen molar-refractivity contribution in [3.8, 4) is 5.75 Å². The number of nitrogens with one attached hydrogen (secondary N) is 1. The molecule has 20 heavy (non-hydrogen) atoms. The van der Waals surface area contributed by atoms with Gasteiger partial charge in [0.25, 0.3) is 0 Å². The Hall–Kier alpha value is -1.18. The fourth-order valence-corrected chi connectivity index (χ4v) is 3.18. The van der Waals surface area contributed by atoms with Crippen molar-refractivity contribution >= 4 is 5.69 Å². The van der Waals surface area contributed by atoms with Crippen molar-refractivity contribution in [3.63, 3.8) is 0 Å². The van der Waals surface area contributed by atoms with Gasteiger partial charge in [-0.25, -0.2) is 0 Å². The summed E-state index contributed by atoms with van der Waals surface area (Å²) in [7, 11) is 0. The predicted molar refractivity (Wildman–Crippen MR) is 86.6 cm³/mol. The van der Waals surface area contributed by atoms with E-state index in [9.17, 15) is 0 Å². The summed E-state index contributed by atoms with van der Waals surface area (Å²) >= 11 is 0. The van der Waals surface area contributed by atoms with Crippen molar-refractivity contribution in [2.75, 3.05) is 11.9 Å². The summed E-state index contributed by atoms with van der Waals surface area (Å²) in [5, 5.41) is 3.63. The number of aryl methyl sites for hydroxylation is 1. The molecule has 1 fully saturated rings. The Kier molecular flexibility index (Phi) is 5.33. The van der Waals surface area contributed by atoms with Crippen molar-refractivity contribution in [2.24, 2.45) is 11.8 Å².